The highest BCUT2D eigenvalue weighted by atomic mass is 16.4. The molecule has 0 fully saturated rings. The van der Waals surface area contributed by atoms with E-state index in [9.17, 15) is 4.79 Å². The summed E-state index contributed by atoms with van der Waals surface area (Å²) in [6, 6.07) is 13.5. The van der Waals surface area contributed by atoms with Gasteiger partial charge in [0.25, 0.3) is 0 Å². The number of rotatable bonds is 3. The first-order chi connectivity index (χ1) is 9.74. The van der Waals surface area contributed by atoms with E-state index in [1.54, 1.807) is 6.07 Å². The van der Waals surface area contributed by atoms with E-state index in [4.69, 9.17) is 5.11 Å². The summed E-state index contributed by atoms with van der Waals surface area (Å²) in [6.45, 7) is 1.63. The summed E-state index contributed by atoms with van der Waals surface area (Å²) in [5.41, 5.74) is 3.49. The van der Waals surface area contributed by atoms with Crippen molar-refractivity contribution in [3.05, 3.63) is 59.4 Å². The van der Waals surface area contributed by atoms with Crippen molar-refractivity contribution in [1.82, 2.24) is 4.98 Å². The van der Waals surface area contributed by atoms with Gasteiger partial charge in [-0.3, -0.25) is 0 Å². The zero-order chi connectivity index (χ0) is 13.9. The molecule has 20 heavy (non-hydrogen) atoms. The Kier molecular flexibility index (Phi) is 3.37. The zero-order valence-electron chi connectivity index (χ0n) is 11.1. The molecule has 102 valence electrons. The van der Waals surface area contributed by atoms with Crippen LogP contribution in [0.3, 0.4) is 0 Å². The molecule has 0 spiro atoms. The number of hydrogen-bond acceptors (Lipinski definition) is 3. The molecule has 2 heterocycles. The van der Waals surface area contributed by atoms with Crippen molar-refractivity contribution in [2.75, 3.05) is 11.4 Å². The van der Waals surface area contributed by atoms with E-state index in [2.05, 4.69) is 28.1 Å². The van der Waals surface area contributed by atoms with Gasteiger partial charge in [0.1, 0.15) is 5.69 Å². The molecule has 0 amide bonds. The van der Waals surface area contributed by atoms with Gasteiger partial charge in [0.2, 0.25) is 0 Å². The second-order valence-electron chi connectivity index (χ2n) is 4.97. The SMILES string of the molecule is O=C(O)c1cccc(CN2CCCc3ccccc32)n1. The fourth-order valence-electron chi connectivity index (χ4n) is 2.66. The quantitative estimate of drug-likeness (QED) is 0.930. The van der Waals surface area contributed by atoms with Crippen LogP contribution >= 0.6 is 0 Å². The zero-order valence-corrected chi connectivity index (χ0v) is 11.1. The van der Waals surface area contributed by atoms with Crippen LogP contribution in [0.15, 0.2) is 42.5 Å². The van der Waals surface area contributed by atoms with Crippen LogP contribution in [0.5, 0.6) is 0 Å². The lowest BCUT2D eigenvalue weighted by molar-refractivity contribution is 0.0690. The molecule has 1 aromatic heterocycles. The molecule has 1 aliphatic rings. The lowest BCUT2D eigenvalue weighted by atomic mass is 10.0. The normalized spacial score (nSPS) is 13.9. The molecule has 0 bridgehead atoms. The van der Waals surface area contributed by atoms with Gasteiger partial charge in [-0.2, -0.15) is 0 Å². The van der Waals surface area contributed by atoms with Crippen molar-refractivity contribution in [2.24, 2.45) is 0 Å². The van der Waals surface area contributed by atoms with Gasteiger partial charge in [-0.1, -0.05) is 24.3 Å². The summed E-state index contributed by atoms with van der Waals surface area (Å²) in [4.78, 5) is 17.4. The number of pyridine rings is 1. The van der Waals surface area contributed by atoms with Gasteiger partial charge >= 0.3 is 5.97 Å². The van der Waals surface area contributed by atoms with Crippen molar-refractivity contribution in [3.8, 4) is 0 Å². The van der Waals surface area contributed by atoms with Crippen molar-refractivity contribution in [2.45, 2.75) is 19.4 Å². The lowest BCUT2D eigenvalue weighted by Crippen LogP contribution is -2.29. The number of aromatic carboxylic acids is 1. The van der Waals surface area contributed by atoms with Crippen LogP contribution in [0, 0.1) is 0 Å². The highest BCUT2D eigenvalue weighted by Crippen LogP contribution is 2.27. The molecule has 3 rings (SSSR count). The smallest absolute Gasteiger partial charge is 0.354 e. The first kappa shape index (κ1) is 12.7. The number of anilines is 1. The minimum Gasteiger partial charge on any atom is -0.477 e. The molecular weight excluding hydrogens is 252 g/mol. The first-order valence-electron chi connectivity index (χ1n) is 6.76. The van der Waals surface area contributed by atoms with Crippen LogP contribution in [-0.2, 0) is 13.0 Å². The van der Waals surface area contributed by atoms with E-state index in [-0.39, 0.29) is 5.69 Å². The van der Waals surface area contributed by atoms with Gasteiger partial charge in [-0.25, -0.2) is 9.78 Å². The van der Waals surface area contributed by atoms with E-state index in [0.717, 1.165) is 25.1 Å². The lowest BCUT2D eigenvalue weighted by Gasteiger charge is -2.31. The van der Waals surface area contributed by atoms with Crippen LogP contribution in [0.25, 0.3) is 0 Å². The molecular formula is C16H16N2O2. The van der Waals surface area contributed by atoms with Gasteiger partial charge in [0.15, 0.2) is 0 Å². The summed E-state index contributed by atoms with van der Waals surface area (Å²) < 4.78 is 0. The number of carboxylic acids is 1. The Labute approximate surface area is 117 Å². The van der Waals surface area contributed by atoms with E-state index >= 15 is 0 Å². The number of aryl methyl sites for hydroxylation is 1. The van der Waals surface area contributed by atoms with Crippen molar-refractivity contribution >= 4 is 11.7 Å². The summed E-state index contributed by atoms with van der Waals surface area (Å²) >= 11 is 0. The molecule has 1 aliphatic heterocycles. The van der Waals surface area contributed by atoms with Crippen LogP contribution in [-0.4, -0.2) is 22.6 Å². The second kappa shape index (κ2) is 5.33. The predicted molar refractivity (Wildman–Crippen MR) is 77.0 cm³/mol. The summed E-state index contributed by atoms with van der Waals surface area (Å²) in [6.07, 6.45) is 2.23. The maximum absolute atomic E-state index is 11.0. The Balaban J connectivity index is 1.85. The van der Waals surface area contributed by atoms with Crippen LogP contribution in [0.4, 0.5) is 5.69 Å². The number of nitrogens with zero attached hydrogens (tertiary/aromatic N) is 2. The average molecular weight is 268 g/mol. The third-order valence-electron chi connectivity index (χ3n) is 3.59. The Bertz CT molecular complexity index is 640. The highest BCUT2D eigenvalue weighted by Gasteiger charge is 2.17. The number of fused-ring (bicyclic) bond motifs is 1. The number of carboxylic acid groups (broad SMARTS) is 1. The second-order valence-corrected chi connectivity index (χ2v) is 4.97. The molecule has 4 heteroatoms. The van der Waals surface area contributed by atoms with E-state index in [1.165, 1.54) is 17.3 Å². The number of hydrogen-bond donors (Lipinski definition) is 1. The Morgan fingerprint density at radius 3 is 2.90 bits per heavy atom. The van der Waals surface area contributed by atoms with Gasteiger partial charge in [-0.15, -0.1) is 0 Å². The van der Waals surface area contributed by atoms with E-state index < -0.39 is 5.97 Å². The third kappa shape index (κ3) is 2.50. The number of para-hydroxylation sites is 1. The molecule has 1 aromatic carbocycles. The number of aromatic nitrogens is 1. The molecule has 0 atom stereocenters. The van der Waals surface area contributed by atoms with E-state index in [0.29, 0.717) is 6.54 Å². The van der Waals surface area contributed by atoms with Crippen LogP contribution < -0.4 is 4.90 Å². The topological polar surface area (TPSA) is 53.4 Å². The van der Waals surface area contributed by atoms with Gasteiger partial charge in [0, 0.05) is 12.2 Å². The fourth-order valence-corrected chi connectivity index (χ4v) is 2.66. The molecule has 0 radical (unpaired) electrons. The van der Waals surface area contributed by atoms with Crippen molar-refractivity contribution in [1.29, 1.82) is 0 Å². The van der Waals surface area contributed by atoms with Crippen molar-refractivity contribution < 1.29 is 9.90 Å². The molecule has 0 saturated carbocycles. The average Bonchev–Trinajstić information content (AvgIpc) is 2.48. The van der Waals surface area contributed by atoms with Crippen LogP contribution in [0.2, 0.25) is 0 Å². The van der Waals surface area contributed by atoms with Gasteiger partial charge < -0.3 is 10.0 Å². The Morgan fingerprint density at radius 2 is 2.05 bits per heavy atom. The molecule has 0 aliphatic carbocycles. The molecule has 1 N–H and O–H groups in total. The largest absolute Gasteiger partial charge is 0.477 e. The summed E-state index contributed by atoms with van der Waals surface area (Å²) in [5.74, 6) is -0.981. The maximum atomic E-state index is 11.0. The standard InChI is InChI=1S/C16H16N2O2/c19-16(20)14-8-3-7-13(17-14)11-18-10-4-6-12-5-1-2-9-15(12)18/h1-3,5,7-9H,4,6,10-11H2,(H,19,20). The molecule has 2 aromatic rings. The maximum Gasteiger partial charge on any atom is 0.354 e. The molecule has 4 nitrogen and oxygen atoms in total. The first-order valence-corrected chi connectivity index (χ1v) is 6.76. The van der Waals surface area contributed by atoms with E-state index in [1.807, 2.05) is 12.1 Å². The van der Waals surface area contributed by atoms with Gasteiger partial charge in [-0.05, 0) is 36.6 Å². The Hall–Kier alpha value is -2.36. The minimum atomic E-state index is -0.981. The molecule has 0 saturated heterocycles. The minimum absolute atomic E-state index is 0.104. The Morgan fingerprint density at radius 1 is 1.20 bits per heavy atom. The predicted octanol–water partition coefficient (Wildman–Crippen LogP) is 2.73. The van der Waals surface area contributed by atoms with Crippen LogP contribution in [0.1, 0.15) is 28.2 Å². The molecule has 0 unspecified atom stereocenters. The van der Waals surface area contributed by atoms with Gasteiger partial charge in [0.05, 0.1) is 12.2 Å². The summed E-state index contributed by atoms with van der Waals surface area (Å²) in [7, 11) is 0. The number of benzene rings is 1. The summed E-state index contributed by atoms with van der Waals surface area (Å²) in [5, 5.41) is 9.00. The third-order valence-corrected chi connectivity index (χ3v) is 3.59. The highest BCUT2D eigenvalue weighted by molar-refractivity contribution is 5.85. The number of carbonyl (C=O) groups is 1. The fraction of sp³-hybridized carbons (Fsp3) is 0.250. The van der Waals surface area contributed by atoms with Crippen molar-refractivity contribution in [3.63, 3.8) is 0 Å². The monoisotopic (exact) mass is 268 g/mol.